The first-order chi connectivity index (χ1) is 28.5. The van der Waals surface area contributed by atoms with Gasteiger partial charge in [0.2, 0.25) is 0 Å². The fourth-order valence-electron chi connectivity index (χ4n) is 15.6. The Hall–Kier alpha value is -3.47. The molecule has 61 heavy (non-hydrogen) atoms. The number of Topliss-reactive ketones (excluding diaryl/α,β-unsaturated/α-hetero) is 2. The molecule has 2 unspecified atom stereocenters. The first kappa shape index (κ1) is 44.1. The Bertz CT molecular complexity index is 2050. The fraction of sp³-hybridized carbons (Fsp3) is 0.720. The van der Waals surface area contributed by atoms with Crippen LogP contribution in [0.5, 0.6) is 0 Å². The normalized spacial score (nSPS) is 41.3. The Balaban J connectivity index is 1.01. The van der Waals surface area contributed by atoms with Crippen LogP contribution in [0.25, 0.3) is 0 Å². The smallest absolute Gasteiger partial charge is 0.302 e. The standard InChI is InChI=1S/C50H66O10S/c1-27-21-33(53)23-31-9-11-35-39(49(27,31)7)13-17-47(5)43(55)25-37(45(35)47)41(59-29(3)51)15-19-61(57,58)20-16-42(60-30(4)52)38-26-44(56)48(6)18-14-40-36(46(38)48)12-10-32-24-34(54)22-28(2)50(32,40)8/h21-24,35-42,45-46H,9-20,25-26H2,1-8H3/t35-,36-,37-,38-,39+,40+,41?,42?,45-,46-,47-,48-,49+,50+/m1/s1. The second-order valence-electron chi connectivity index (χ2n) is 21.4. The van der Waals surface area contributed by atoms with Crippen LogP contribution in [-0.4, -0.2) is 67.2 Å². The minimum absolute atomic E-state index is 0.0209. The highest BCUT2D eigenvalue weighted by molar-refractivity contribution is 7.91. The van der Waals surface area contributed by atoms with Crippen LogP contribution in [0.3, 0.4) is 0 Å². The molecule has 0 aromatic heterocycles. The van der Waals surface area contributed by atoms with Crippen molar-refractivity contribution in [2.24, 2.45) is 69.0 Å². The van der Waals surface area contributed by atoms with Gasteiger partial charge in [-0.15, -0.1) is 0 Å². The number of fused-ring (bicyclic) bond motifs is 10. The molecule has 11 heteroatoms. The number of sulfone groups is 1. The van der Waals surface area contributed by atoms with E-state index in [4.69, 9.17) is 9.47 Å². The van der Waals surface area contributed by atoms with E-state index in [1.165, 1.54) is 13.8 Å². The first-order valence-corrected chi connectivity index (χ1v) is 24.9. The predicted molar refractivity (Wildman–Crippen MR) is 229 cm³/mol. The van der Waals surface area contributed by atoms with Crippen molar-refractivity contribution in [2.45, 2.75) is 145 Å². The monoisotopic (exact) mass is 858 g/mol. The number of carbonyl (C=O) groups excluding carboxylic acids is 6. The second kappa shape index (κ2) is 15.4. The molecule has 0 aromatic rings. The Morgan fingerprint density at radius 2 is 1.02 bits per heavy atom. The van der Waals surface area contributed by atoms with Crippen LogP contribution in [-0.2, 0) is 48.1 Å². The summed E-state index contributed by atoms with van der Waals surface area (Å²) in [7, 11) is -3.79. The molecule has 0 aromatic carbocycles. The van der Waals surface area contributed by atoms with Gasteiger partial charge in [-0.1, -0.05) is 50.0 Å². The Morgan fingerprint density at radius 3 is 1.38 bits per heavy atom. The molecule has 0 spiro atoms. The van der Waals surface area contributed by atoms with Crippen molar-refractivity contribution in [1.82, 2.24) is 0 Å². The fourth-order valence-corrected chi connectivity index (χ4v) is 17.0. The lowest BCUT2D eigenvalue weighted by atomic mass is 9.46. The van der Waals surface area contributed by atoms with Gasteiger partial charge in [0.05, 0.1) is 11.5 Å². The van der Waals surface area contributed by atoms with Crippen molar-refractivity contribution in [3.8, 4) is 0 Å². The van der Waals surface area contributed by atoms with E-state index in [-0.39, 0.29) is 118 Å². The predicted octanol–water partition coefficient (Wildman–Crippen LogP) is 8.03. The van der Waals surface area contributed by atoms with E-state index in [0.29, 0.717) is 12.8 Å². The van der Waals surface area contributed by atoms with Gasteiger partial charge in [0.15, 0.2) is 21.4 Å². The Morgan fingerprint density at radius 1 is 0.639 bits per heavy atom. The second-order valence-corrected chi connectivity index (χ2v) is 23.7. The third kappa shape index (κ3) is 7.04. The summed E-state index contributed by atoms with van der Waals surface area (Å²) in [6.45, 7) is 15.3. The van der Waals surface area contributed by atoms with Crippen molar-refractivity contribution in [2.75, 3.05) is 11.5 Å². The van der Waals surface area contributed by atoms with E-state index in [1.54, 1.807) is 24.3 Å². The zero-order valence-electron chi connectivity index (χ0n) is 37.5. The lowest BCUT2D eigenvalue weighted by Crippen LogP contribution is -2.53. The zero-order valence-corrected chi connectivity index (χ0v) is 38.3. The number of esters is 2. The first-order valence-electron chi connectivity index (χ1n) is 23.0. The van der Waals surface area contributed by atoms with Crippen LogP contribution in [0, 0.1) is 69.0 Å². The van der Waals surface area contributed by atoms with Gasteiger partial charge in [-0.05, 0) is 138 Å². The molecular weight excluding hydrogens is 793 g/mol. The highest BCUT2D eigenvalue weighted by Gasteiger charge is 2.65. The zero-order chi connectivity index (χ0) is 44.2. The summed E-state index contributed by atoms with van der Waals surface area (Å²) >= 11 is 0. The Kier molecular flexibility index (Phi) is 11.1. The average molecular weight is 859 g/mol. The summed E-state index contributed by atoms with van der Waals surface area (Å²) in [5.74, 6) is -1.40. The summed E-state index contributed by atoms with van der Waals surface area (Å²) in [6, 6.07) is 0. The van der Waals surface area contributed by atoms with Gasteiger partial charge in [0.1, 0.15) is 23.8 Å². The lowest BCUT2D eigenvalue weighted by Gasteiger charge is -2.58. The molecule has 0 amide bonds. The molecule has 0 N–H and O–H groups in total. The van der Waals surface area contributed by atoms with E-state index >= 15 is 0 Å². The minimum atomic E-state index is -3.79. The molecule has 14 atom stereocenters. The Labute approximate surface area is 362 Å². The van der Waals surface area contributed by atoms with Gasteiger partial charge in [-0.25, -0.2) is 8.42 Å². The van der Waals surface area contributed by atoms with E-state index in [2.05, 4.69) is 27.7 Å². The molecule has 10 nitrogen and oxygen atoms in total. The number of hydrogen-bond donors (Lipinski definition) is 0. The summed E-state index contributed by atoms with van der Waals surface area (Å²) in [6.07, 6.45) is 12.3. The van der Waals surface area contributed by atoms with Gasteiger partial charge >= 0.3 is 11.9 Å². The topological polar surface area (TPSA) is 155 Å². The maximum Gasteiger partial charge on any atom is 0.302 e. The maximum absolute atomic E-state index is 14.1. The minimum Gasteiger partial charge on any atom is -0.462 e. The van der Waals surface area contributed by atoms with Gasteiger partial charge in [-0.3, -0.25) is 28.8 Å². The van der Waals surface area contributed by atoms with Crippen LogP contribution < -0.4 is 0 Å². The van der Waals surface area contributed by atoms with Gasteiger partial charge < -0.3 is 9.47 Å². The lowest BCUT2D eigenvalue weighted by molar-refractivity contribution is -0.154. The largest absolute Gasteiger partial charge is 0.462 e. The molecule has 8 rings (SSSR count). The SMILES string of the molecule is CC(=O)OC(CCS(=O)(=O)CCC(OC(C)=O)[C@H]1CC(=O)[C@@]2(C)CC[C@H]3[C@@H](CCC4=CC(=O)C=C(C)[C@@]43C)[C@H]12)[C@H]1CC(=O)[C@@]2(C)CC[C@H]3[C@@H](CCC4=CC(=O)C=C(C)[C@@]43C)[C@H]12. The number of hydrogen-bond acceptors (Lipinski definition) is 10. The average Bonchev–Trinajstić information content (AvgIpc) is 3.61. The van der Waals surface area contributed by atoms with Crippen LogP contribution in [0.2, 0.25) is 0 Å². The van der Waals surface area contributed by atoms with Crippen LogP contribution >= 0.6 is 0 Å². The van der Waals surface area contributed by atoms with Crippen molar-refractivity contribution in [3.63, 3.8) is 0 Å². The summed E-state index contributed by atoms with van der Waals surface area (Å²) < 4.78 is 40.3. The number of allylic oxidation sites excluding steroid dienone is 8. The number of rotatable bonds is 10. The highest BCUT2D eigenvalue weighted by atomic mass is 32.2. The van der Waals surface area contributed by atoms with Crippen LogP contribution in [0.4, 0.5) is 0 Å². The van der Waals surface area contributed by atoms with Crippen LogP contribution in [0.15, 0.2) is 46.6 Å². The van der Waals surface area contributed by atoms with E-state index in [9.17, 15) is 37.2 Å². The van der Waals surface area contributed by atoms with Gasteiger partial charge in [-0.2, -0.15) is 0 Å². The van der Waals surface area contributed by atoms with Gasteiger partial charge in [0, 0.05) is 60.2 Å². The molecule has 0 aliphatic heterocycles. The molecule has 8 aliphatic carbocycles. The molecule has 0 radical (unpaired) electrons. The molecule has 8 aliphatic rings. The highest BCUT2D eigenvalue weighted by Crippen LogP contribution is 2.68. The molecule has 0 saturated heterocycles. The summed E-state index contributed by atoms with van der Waals surface area (Å²) in [4.78, 5) is 78.6. The number of ketones is 4. The summed E-state index contributed by atoms with van der Waals surface area (Å²) in [5.41, 5.74) is 2.59. The van der Waals surface area contributed by atoms with E-state index in [0.717, 1.165) is 60.8 Å². The molecule has 6 fully saturated rings. The number of ether oxygens (including phenoxy) is 2. The van der Waals surface area contributed by atoms with Crippen molar-refractivity contribution < 1.29 is 46.7 Å². The molecule has 332 valence electrons. The quantitative estimate of drug-likeness (QED) is 0.197. The van der Waals surface area contributed by atoms with Crippen molar-refractivity contribution in [1.29, 1.82) is 0 Å². The molecular formula is C50H66O10S. The molecule has 0 bridgehead atoms. The van der Waals surface area contributed by atoms with E-state index < -0.39 is 44.8 Å². The van der Waals surface area contributed by atoms with Gasteiger partial charge in [0.25, 0.3) is 0 Å². The molecule has 0 heterocycles. The van der Waals surface area contributed by atoms with Crippen molar-refractivity contribution >= 4 is 44.9 Å². The number of carbonyl (C=O) groups is 6. The maximum atomic E-state index is 14.1. The summed E-state index contributed by atoms with van der Waals surface area (Å²) in [5, 5.41) is 0. The van der Waals surface area contributed by atoms with Crippen molar-refractivity contribution in [3.05, 3.63) is 46.6 Å². The van der Waals surface area contributed by atoms with E-state index in [1.807, 2.05) is 13.8 Å². The molecule has 6 saturated carbocycles. The van der Waals surface area contributed by atoms with Crippen LogP contribution in [0.1, 0.15) is 132 Å². The third-order valence-corrected chi connectivity index (χ3v) is 20.4. The third-order valence-electron chi connectivity index (χ3n) is 18.7.